The maximum Gasteiger partial charge on any atom is 1.00 e. The fourth-order valence-corrected chi connectivity index (χ4v) is 1.54. The van der Waals surface area contributed by atoms with E-state index in [1.807, 2.05) is 6.92 Å². The third kappa shape index (κ3) is 5.61. The van der Waals surface area contributed by atoms with Gasteiger partial charge in [-0.2, -0.15) is 0 Å². The van der Waals surface area contributed by atoms with Crippen molar-refractivity contribution in [1.29, 1.82) is 0 Å². The van der Waals surface area contributed by atoms with Crippen LogP contribution in [0.3, 0.4) is 0 Å². The molecular formula is C11H14BF4KO. The molecule has 0 amide bonds. The van der Waals surface area contributed by atoms with Crippen molar-refractivity contribution in [3.63, 3.8) is 0 Å². The number of rotatable bonds is 5. The molecule has 1 aromatic carbocycles. The van der Waals surface area contributed by atoms with Crippen LogP contribution in [0.15, 0.2) is 18.2 Å². The quantitative estimate of drug-likeness (QED) is 0.565. The molecule has 0 bridgehead atoms. The van der Waals surface area contributed by atoms with E-state index in [2.05, 4.69) is 0 Å². The summed E-state index contributed by atoms with van der Waals surface area (Å²) in [6, 6.07) is 2.67. The Morgan fingerprint density at radius 2 is 1.89 bits per heavy atom. The molecule has 1 rings (SSSR count). The zero-order chi connectivity index (χ0) is 13.1. The van der Waals surface area contributed by atoms with Crippen molar-refractivity contribution in [2.45, 2.75) is 32.8 Å². The molecule has 0 aliphatic rings. The zero-order valence-corrected chi connectivity index (χ0v) is 13.8. The molecule has 0 fully saturated rings. The Kier molecular flexibility index (Phi) is 8.09. The van der Waals surface area contributed by atoms with Gasteiger partial charge >= 0.3 is 58.4 Å². The summed E-state index contributed by atoms with van der Waals surface area (Å²) in [6.07, 6.45) is 1.53. The first-order chi connectivity index (χ1) is 7.84. The molecule has 1 aromatic rings. The summed E-state index contributed by atoms with van der Waals surface area (Å²) in [5.41, 5.74) is -1.21. The van der Waals surface area contributed by atoms with Crippen molar-refractivity contribution in [2.75, 3.05) is 0 Å². The summed E-state index contributed by atoms with van der Waals surface area (Å²) in [4.78, 5) is 0. The van der Waals surface area contributed by atoms with Gasteiger partial charge in [0.2, 0.25) is 0 Å². The summed E-state index contributed by atoms with van der Waals surface area (Å²) in [7, 11) is 0. The first-order valence-corrected chi connectivity index (χ1v) is 5.50. The van der Waals surface area contributed by atoms with Crippen LogP contribution in [0.5, 0.6) is 5.75 Å². The molecule has 96 valence electrons. The Hall–Kier alpha value is 0.441. The summed E-state index contributed by atoms with van der Waals surface area (Å²) < 4.78 is 55.5. The summed E-state index contributed by atoms with van der Waals surface area (Å²) in [5.74, 6) is -1.15. The van der Waals surface area contributed by atoms with Crippen molar-refractivity contribution in [3.05, 3.63) is 24.0 Å². The van der Waals surface area contributed by atoms with E-state index in [4.69, 9.17) is 4.74 Å². The average Bonchev–Trinajstić information content (AvgIpc) is 2.15. The van der Waals surface area contributed by atoms with Gasteiger partial charge < -0.3 is 17.7 Å². The standard InChI is InChI=1S/C11H14BF4O.K/c1-3-4-8(2)17-9-5-6-10(11(13)7-9)12(14,15)16;/h5-8H,3-4H2,1-2H3;/q-1;+1. The minimum atomic E-state index is -5.31. The van der Waals surface area contributed by atoms with Crippen LogP contribution in [0.25, 0.3) is 0 Å². The Morgan fingerprint density at radius 3 is 2.33 bits per heavy atom. The molecule has 0 heterocycles. The fourth-order valence-electron chi connectivity index (χ4n) is 1.54. The molecule has 0 radical (unpaired) electrons. The van der Waals surface area contributed by atoms with E-state index in [9.17, 15) is 17.3 Å². The summed E-state index contributed by atoms with van der Waals surface area (Å²) in [5, 5.41) is 0. The van der Waals surface area contributed by atoms with Crippen molar-refractivity contribution in [2.24, 2.45) is 0 Å². The molecular weight excluding hydrogens is 274 g/mol. The van der Waals surface area contributed by atoms with Gasteiger partial charge in [-0.3, -0.25) is 0 Å². The van der Waals surface area contributed by atoms with Gasteiger partial charge in [-0.15, -0.1) is 0 Å². The van der Waals surface area contributed by atoms with Crippen molar-refractivity contribution >= 4 is 12.4 Å². The van der Waals surface area contributed by atoms with Crippen LogP contribution in [-0.2, 0) is 0 Å². The number of hydrogen-bond donors (Lipinski definition) is 0. The van der Waals surface area contributed by atoms with Crippen LogP contribution in [0.1, 0.15) is 26.7 Å². The molecule has 1 unspecified atom stereocenters. The predicted octanol–water partition coefficient (Wildman–Crippen LogP) is 0.452. The van der Waals surface area contributed by atoms with Gasteiger partial charge in [0.05, 0.1) is 11.9 Å². The monoisotopic (exact) mass is 288 g/mol. The summed E-state index contributed by atoms with van der Waals surface area (Å²) >= 11 is 0. The van der Waals surface area contributed by atoms with E-state index >= 15 is 0 Å². The van der Waals surface area contributed by atoms with Gasteiger partial charge in [0.15, 0.2) is 0 Å². The second-order valence-electron chi connectivity index (χ2n) is 3.98. The molecule has 18 heavy (non-hydrogen) atoms. The summed E-state index contributed by atoms with van der Waals surface area (Å²) in [6.45, 7) is -1.54. The van der Waals surface area contributed by atoms with Gasteiger partial charge in [0, 0.05) is 6.07 Å². The van der Waals surface area contributed by atoms with Crippen molar-refractivity contribution in [1.82, 2.24) is 0 Å². The van der Waals surface area contributed by atoms with E-state index < -0.39 is 18.3 Å². The smallest absolute Gasteiger partial charge is 0.491 e. The van der Waals surface area contributed by atoms with Gasteiger partial charge in [0.25, 0.3) is 0 Å². The van der Waals surface area contributed by atoms with Crippen LogP contribution >= 0.6 is 0 Å². The molecule has 7 heteroatoms. The third-order valence-corrected chi connectivity index (χ3v) is 2.36. The van der Waals surface area contributed by atoms with Crippen LogP contribution in [0, 0.1) is 5.82 Å². The number of benzene rings is 1. The minimum Gasteiger partial charge on any atom is -0.491 e. The molecule has 0 aliphatic carbocycles. The molecule has 0 aliphatic heterocycles. The largest absolute Gasteiger partial charge is 1.00 e. The topological polar surface area (TPSA) is 9.23 Å². The third-order valence-electron chi connectivity index (χ3n) is 2.36. The van der Waals surface area contributed by atoms with Gasteiger partial charge in [0.1, 0.15) is 5.75 Å². The van der Waals surface area contributed by atoms with Gasteiger partial charge in [-0.05, 0) is 19.4 Å². The molecule has 0 saturated heterocycles. The SMILES string of the molecule is CCCC(C)Oc1ccc([B-](F)(F)F)c(F)c1.[K+]. The van der Waals surface area contributed by atoms with Crippen LogP contribution in [0.4, 0.5) is 17.3 Å². The number of ether oxygens (including phenoxy) is 1. The van der Waals surface area contributed by atoms with Crippen molar-refractivity contribution < 1.29 is 73.5 Å². The second kappa shape index (κ2) is 7.89. The van der Waals surface area contributed by atoms with E-state index in [0.29, 0.717) is 0 Å². The number of hydrogen-bond acceptors (Lipinski definition) is 1. The molecule has 1 nitrogen and oxygen atoms in total. The molecule has 0 N–H and O–H groups in total. The van der Waals surface area contributed by atoms with Gasteiger partial charge in [-0.1, -0.05) is 24.9 Å². The van der Waals surface area contributed by atoms with E-state index in [1.54, 1.807) is 6.92 Å². The van der Waals surface area contributed by atoms with E-state index in [-0.39, 0.29) is 63.2 Å². The average molecular weight is 288 g/mol. The molecule has 0 aromatic heterocycles. The van der Waals surface area contributed by atoms with Gasteiger partial charge in [-0.25, -0.2) is 4.39 Å². The Labute approximate surface area is 147 Å². The van der Waals surface area contributed by atoms with Crippen LogP contribution in [0.2, 0.25) is 0 Å². The van der Waals surface area contributed by atoms with E-state index in [1.165, 1.54) is 0 Å². The van der Waals surface area contributed by atoms with E-state index in [0.717, 1.165) is 31.0 Å². The maximum atomic E-state index is 13.2. The second-order valence-corrected chi connectivity index (χ2v) is 3.98. The first kappa shape index (κ1) is 18.4. The predicted molar refractivity (Wildman–Crippen MR) is 60.1 cm³/mol. The maximum absolute atomic E-state index is 13.2. The Bertz CT molecular complexity index is 384. The fraction of sp³-hybridized carbons (Fsp3) is 0.455. The van der Waals surface area contributed by atoms with Crippen molar-refractivity contribution in [3.8, 4) is 5.75 Å². The normalized spacial score (nSPS) is 12.8. The van der Waals surface area contributed by atoms with Crippen LogP contribution < -0.4 is 61.6 Å². The first-order valence-electron chi connectivity index (χ1n) is 5.50. The number of halogens is 4. The van der Waals surface area contributed by atoms with Crippen LogP contribution in [-0.4, -0.2) is 13.1 Å². The minimum absolute atomic E-state index is 0. The Morgan fingerprint density at radius 1 is 1.28 bits per heavy atom. The molecule has 1 atom stereocenters. The zero-order valence-electron chi connectivity index (χ0n) is 10.7. The Balaban J connectivity index is 0.00000289. The molecule has 0 spiro atoms. The molecule has 0 saturated carbocycles.